The quantitative estimate of drug-likeness (QED) is 0.886. The molecule has 0 spiro atoms. The van der Waals surface area contributed by atoms with Crippen LogP contribution in [0.3, 0.4) is 0 Å². The van der Waals surface area contributed by atoms with E-state index in [1.807, 2.05) is 4.90 Å². The van der Waals surface area contributed by atoms with E-state index in [4.69, 9.17) is 16.1 Å². The minimum atomic E-state index is -0.160. The van der Waals surface area contributed by atoms with Gasteiger partial charge >= 0.3 is 0 Å². The Bertz CT molecular complexity index is 792. The van der Waals surface area contributed by atoms with Crippen molar-refractivity contribution in [3.05, 3.63) is 46.6 Å². The SMILES string of the molecule is Cc1cc(NC(=O)CN2CCCN(C(=O)c3ccccc3Cl)CC2)on1. The fourth-order valence-electron chi connectivity index (χ4n) is 2.94. The summed E-state index contributed by atoms with van der Waals surface area (Å²) in [4.78, 5) is 28.6. The summed E-state index contributed by atoms with van der Waals surface area (Å²) in [6, 6.07) is 8.73. The maximum Gasteiger partial charge on any atom is 0.255 e. The zero-order valence-corrected chi connectivity index (χ0v) is 15.3. The van der Waals surface area contributed by atoms with Gasteiger partial charge in [-0.2, -0.15) is 0 Å². The lowest BCUT2D eigenvalue weighted by atomic mass is 10.2. The van der Waals surface area contributed by atoms with Crippen molar-refractivity contribution >= 4 is 29.3 Å². The number of aryl methyl sites for hydroxylation is 1. The summed E-state index contributed by atoms with van der Waals surface area (Å²) >= 11 is 6.13. The van der Waals surface area contributed by atoms with Crippen molar-refractivity contribution < 1.29 is 14.1 Å². The number of carbonyl (C=O) groups is 2. The molecule has 2 amide bonds. The summed E-state index contributed by atoms with van der Waals surface area (Å²) in [6.45, 7) is 4.60. The summed E-state index contributed by atoms with van der Waals surface area (Å²) < 4.78 is 4.99. The van der Waals surface area contributed by atoms with Gasteiger partial charge in [0, 0.05) is 32.2 Å². The zero-order valence-electron chi connectivity index (χ0n) is 14.6. The highest BCUT2D eigenvalue weighted by molar-refractivity contribution is 6.33. The molecule has 1 aromatic carbocycles. The Morgan fingerprint density at radius 1 is 1.23 bits per heavy atom. The summed E-state index contributed by atoms with van der Waals surface area (Å²) in [7, 11) is 0. The Kier molecular flexibility index (Phi) is 5.90. The molecule has 138 valence electrons. The summed E-state index contributed by atoms with van der Waals surface area (Å²) in [5.74, 6) is 0.115. The van der Waals surface area contributed by atoms with E-state index >= 15 is 0 Å². The number of rotatable bonds is 4. The van der Waals surface area contributed by atoms with E-state index in [9.17, 15) is 9.59 Å². The summed E-state index contributed by atoms with van der Waals surface area (Å²) in [6.07, 6.45) is 0.797. The lowest BCUT2D eigenvalue weighted by molar-refractivity contribution is -0.117. The normalized spacial score (nSPS) is 15.5. The van der Waals surface area contributed by atoms with Crippen LogP contribution in [-0.4, -0.2) is 59.5 Å². The maximum absolute atomic E-state index is 12.7. The van der Waals surface area contributed by atoms with Crippen LogP contribution in [0, 0.1) is 6.92 Å². The molecule has 0 atom stereocenters. The molecule has 7 nitrogen and oxygen atoms in total. The molecule has 2 aromatic rings. The topological polar surface area (TPSA) is 78.7 Å². The van der Waals surface area contributed by atoms with E-state index in [2.05, 4.69) is 10.5 Å². The average molecular weight is 377 g/mol. The summed E-state index contributed by atoms with van der Waals surface area (Å²) in [5, 5.41) is 6.89. The highest BCUT2D eigenvalue weighted by Crippen LogP contribution is 2.18. The second-order valence-corrected chi connectivity index (χ2v) is 6.69. The second-order valence-electron chi connectivity index (χ2n) is 6.28. The molecule has 0 bridgehead atoms. The van der Waals surface area contributed by atoms with Gasteiger partial charge in [-0.3, -0.25) is 19.8 Å². The third-order valence-electron chi connectivity index (χ3n) is 4.24. The minimum absolute atomic E-state index is 0.0703. The van der Waals surface area contributed by atoms with Gasteiger partial charge in [0.25, 0.3) is 5.91 Å². The first-order valence-electron chi connectivity index (χ1n) is 8.52. The Morgan fingerprint density at radius 2 is 2.04 bits per heavy atom. The molecule has 1 fully saturated rings. The van der Waals surface area contributed by atoms with Crippen LogP contribution in [0.25, 0.3) is 0 Å². The van der Waals surface area contributed by atoms with Crippen LogP contribution < -0.4 is 5.32 Å². The van der Waals surface area contributed by atoms with Crippen LogP contribution in [-0.2, 0) is 4.79 Å². The minimum Gasteiger partial charge on any atom is -0.338 e. The van der Waals surface area contributed by atoms with E-state index in [0.717, 1.165) is 13.0 Å². The smallest absolute Gasteiger partial charge is 0.255 e. The standard InChI is InChI=1S/C18H21ClN4O3/c1-13-11-17(26-21-13)20-16(24)12-22-7-4-8-23(10-9-22)18(25)14-5-2-3-6-15(14)19/h2-3,5-6,11H,4,7-10,12H2,1H3,(H,20,24). The predicted molar refractivity (Wildman–Crippen MR) is 98.3 cm³/mol. The number of benzene rings is 1. The predicted octanol–water partition coefficient (Wildman–Crippen LogP) is 2.42. The van der Waals surface area contributed by atoms with Gasteiger partial charge in [0.05, 0.1) is 22.8 Å². The molecule has 1 N–H and O–H groups in total. The van der Waals surface area contributed by atoms with E-state index in [0.29, 0.717) is 41.8 Å². The fourth-order valence-corrected chi connectivity index (χ4v) is 3.16. The molecule has 1 aromatic heterocycles. The van der Waals surface area contributed by atoms with Crippen LogP contribution in [0.4, 0.5) is 5.88 Å². The summed E-state index contributed by atoms with van der Waals surface area (Å²) in [5.41, 5.74) is 1.23. The Balaban J connectivity index is 1.54. The molecule has 0 radical (unpaired) electrons. The Morgan fingerprint density at radius 3 is 2.77 bits per heavy atom. The van der Waals surface area contributed by atoms with E-state index < -0.39 is 0 Å². The van der Waals surface area contributed by atoms with Crippen molar-refractivity contribution in [1.29, 1.82) is 0 Å². The van der Waals surface area contributed by atoms with Crippen LogP contribution >= 0.6 is 11.6 Å². The van der Waals surface area contributed by atoms with Crippen molar-refractivity contribution in [2.45, 2.75) is 13.3 Å². The molecule has 0 saturated carbocycles. The van der Waals surface area contributed by atoms with Crippen molar-refractivity contribution in [2.75, 3.05) is 38.0 Å². The monoisotopic (exact) mass is 376 g/mol. The van der Waals surface area contributed by atoms with Crippen molar-refractivity contribution in [2.24, 2.45) is 0 Å². The van der Waals surface area contributed by atoms with Crippen LogP contribution in [0.1, 0.15) is 22.5 Å². The maximum atomic E-state index is 12.7. The Labute approximate surface area is 156 Å². The van der Waals surface area contributed by atoms with E-state index in [-0.39, 0.29) is 18.4 Å². The second kappa shape index (κ2) is 8.33. The molecule has 2 heterocycles. The van der Waals surface area contributed by atoms with Gasteiger partial charge in [-0.15, -0.1) is 0 Å². The number of anilines is 1. The fraction of sp³-hybridized carbons (Fsp3) is 0.389. The number of nitrogens with zero attached hydrogens (tertiary/aromatic N) is 3. The van der Waals surface area contributed by atoms with Crippen LogP contribution in [0.5, 0.6) is 0 Å². The largest absolute Gasteiger partial charge is 0.338 e. The van der Waals surface area contributed by atoms with Gasteiger partial charge in [-0.1, -0.05) is 28.9 Å². The number of hydrogen-bond acceptors (Lipinski definition) is 5. The highest BCUT2D eigenvalue weighted by Gasteiger charge is 2.22. The van der Waals surface area contributed by atoms with Gasteiger partial charge < -0.3 is 9.42 Å². The van der Waals surface area contributed by atoms with Gasteiger partial charge in [0.1, 0.15) is 0 Å². The van der Waals surface area contributed by atoms with Crippen LogP contribution in [0.2, 0.25) is 5.02 Å². The molecule has 0 unspecified atom stereocenters. The first-order chi connectivity index (χ1) is 12.5. The lowest BCUT2D eigenvalue weighted by Gasteiger charge is -2.22. The number of nitrogens with one attached hydrogen (secondary N) is 1. The molecule has 8 heteroatoms. The average Bonchev–Trinajstić information content (AvgIpc) is 2.88. The number of halogens is 1. The molecule has 1 aliphatic rings. The lowest BCUT2D eigenvalue weighted by Crippen LogP contribution is -2.38. The molecule has 3 rings (SSSR count). The van der Waals surface area contributed by atoms with Gasteiger partial charge in [0.2, 0.25) is 11.8 Å². The van der Waals surface area contributed by atoms with Crippen molar-refractivity contribution in [1.82, 2.24) is 15.0 Å². The van der Waals surface area contributed by atoms with Crippen LogP contribution in [0.15, 0.2) is 34.9 Å². The molecular formula is C18H21ClN4O3. The van der Waals surface area contributed by atoms with Gasteiger partial charge in [-0.25, -0.2) is 0 Å². The number of aromatic nitrogens is 1. The van der Waals surface area contributed by atoms with Gasteiger partial charge in [-0.05, 0) is 25.5 Å². The first-order valence-corrected chi connectivity index (χ1v) is 8.90. The number of carbonyl (C=O) groups excluding carboxylic acids is 2. The Hall–Kier alpha value is -2.38. The molecular weight excluding hydrogens is 356 g/mol. The highest BCUT2D eigenvalue weighted by atomic mass is 35.5. The van der Waals surface area contributed by atoms with Gasteiger partial charge in [0.15, 0.2) is 0 Å². The third kappa shape index (κ3) is 4.62. The number of amides is 2. The van der Waals surface area contributed by atoms with Crippen molar-refractivity contribution in [3.8, 4) is 0 Å². The molecule has 1 aliphatic heterocycles. The zero-order chi connectivity index (χ0) is 18.5. The van der Waals surface area contributed by atoms with Crippen molar-refractivity contribution in [3.63, 3.8) is 0 Å². The molecule has 0 aliphatic carbocycles. The molecule has 26 heavy (non-hydrogen) atoms. The third-order valence-corrected chi connectivity index (χ3v) is 4.57. The first kappa shape index (κ1) is 18.4. The molecule has 1 saturated heterocycles. The van der Waals surface area contributed by atoms with E-state index in [1.54, 1.807) is 42.2 Å². The number of hydrogen-bond donors (Lipinski definition) is 1. The van der Waals surface area contributed by atoms with E-state index in [1.165, 1.54) is 0 Å².